The molecule has 1 heterocycles. The van der Waals surface area contributed by atoms with Crippen LogP contribution in [0.3, 0.4) is 0 Å². The van der Waals surface area contributed by atoms with Gasteiger partial charge < -0.3 is 14.4 Å². The second kappa shape index (κ2) is 7.98. The van der Waals surface area contributed by atoms with Gasteiger partial charge in [0.15, 0.2) is 0 Å². The van der Waals surface area contributed by atoms with E-state index in [1.54, 1.807) is 14.0 Å². The van der Waals surface area contributed by atoms with E-state index in [4.69, 9.17) is 4.74 Å². The second-order valence-electron chi connectivity index (χ2n) is 7.20. The second-order valence-corrected chi connectivity index (χ2v) is 7.20. The van der Waals surface area contributed by atoms with Gasteiger partial charge in [-0.15, -0.1) is 0 Å². The first-order valence-corrected chi connectivity index (χ1v) is 9.78. The van der Waals surface area contributed by atoms with Crippen LogP contribution in [-0.4, -0.2) is 16.8 Å². The van der Waals surface area contributed by atoms with Crippen LogP contribution in [-0.2, 0) is 5.54 Å². The predicted octanol–water partition coefficient (Wildman–Crippen LogP) is 5.39. The molecular weight excluding hydrogens is 358 g/mol. The van der Waals surface area contributed by atoms with Crippen LogP contribution in [0, 0.1) is 0 Å². The Morgan fingerprint density at radius 3 is 1.72 bits per heavy atom. The minimum absolute atomic E-state index is 0.531. The molecule has 4 aromatic rings. The van der Waals surface area contributed by atoms with Crippen molar-refractivity contribution in [2.24, 2.45) is 0 Å². The lowest BCUT2D eigenvalue weighted by Crippen LogP contribution is -2.36. The molecule has 0 saturated heterocycles. The Balaban J connectivity index is 2.07. The Labute approximate surface area is 171 Å². The summed E-state index contributed by atoms with van der Waals surface area (Å²) in [6, 6.07) is 31.1. The molecule has 0 spiro atoms. The molecule has 3 aromatic carbocycles. The van der Waals surface area contributed by atoms with Gasteiger partial charge in [-0.05, 0) is 47.4 Å². The third-order valence-electron chi connectivity index (χ3n) is 5.48. The normalized spacial score (nSPS) is 12.5. The predicted molar refractivity (Wildman–Crippen MR) is 116 cm³/mol. The Morgan fingerprint density at radius 2 is 1.28 bits per heavy atom. The molecule has 0 amide bonds. The molecule has 0 aliphatic heterocycles. The van der Waals surface area contributed by atoms with E-state index in [9.17, 15) is 5.11 Å². The molecule has 0 bridgehead atoms. The van der Waals surface area contributed by atoms with Crippen molar-refractivity contribution in [3.63, 3.8) is 0 Å². The lowest BCUT2D eigenvalue weighted by molar-refractivity contribution is 0.199. The molecule has 1 aromatic heterocycles. The lowest BCUT2D eigenvalue weighted by Gasteiger charge is -2.38. The maximum Gasteiger partial charge on any atom is 0.120 e. The summed E-state index contributed by atoms with van der Waals surface area (Å²) in [5.41, 5.74) is 3.70. The summed E-state index contributed by atoms with van der Waals surface area (Å²) in [6.45, 7) is 1.79. The molecule has 0 saturated carbocycles. The van der Waals surface area contributed by atoms with E-state index in [1.807, 2.05) is 42.7 Å². The Kier molecular flexibility index (Phi) is 5.24. The highest BCUT2D eigenvalue weighted by Crippen LogP contribution is 2.41. The summed E-state index contributed by atoms with van der Waals surface area (Å²) < 4.78 is 7.59. The summed E-state index contributed by atoms with van der Waals surface area (Å²) >= 11 is 0. The van der Waals surface area contributed by atoms with Crippen LogP contribution < -0.4 is 4.74 Å². The van der Waals surface area contributed by atoms with E-state index >= 15 is 0 Å². The smallest absolute Gasteiger partial charge is 0.120 e. The monoisotopic (exact) mass is 383 g/mol. The molecule has 0 fully saturated rings. The number of hydrogen-bond donors (Lipinski definition) is 1. The fourth-order valence-corrected chi connectivity index (χ4v) is 4.01. The Hall–Kier alpha value is -3.30. The summed E-state index contributed by atoms with van der Waals surface area (Å²) in [6.07, 6.45) is 3.55. The molecule has 0 aliphatic carbocycles. The van der Waals surface area contributed by atoms with E-state index in [0.29, 0.717) is 0 Å². The number of rotatable bonds is 6. The summed E-state index contributed by atoms with van der Waals surface area (Å²) in [4.78, 5) is 0. The fourth-order valence-electron chi connectivity index (χ4n) is 4.01. The van der Waals surface area contributed by atoms with Crippen molar-refractivity contribution < 1.29 is 9.84 Å². The zero-order valence-corrected chi connectivity index (χ0v) is 16.7. The van der Waals surface area contributed by atoms with Crippen LogP contribution in [0.4, 0.5) is 0 Å². The van der Waals surface area contributed by atoms with E-state index in [1.165, 1.54) is 0 Å². The molecule has 1 unspecified atom stereocenters. The van der Waals surface area contributed by atoms with Crippen LogP contribution in [0.5, 0.6) is 5.75 Å². The number of benzene rings is 3. The van der Waals surface area contributed by atoms with Crippen LogP contribution in [0.25, 0.3) is 0 Å². The van der Waals surface area contributed by atoms with E-state index in [-0.39, 0.29) is 0 Å². The molecule has 3 nitrogen and oxygen atoms in total. The number of nitrogens with zero attached hydrogens (tertiary/aromatic N) is 1. The van der Waals surface area contributed by atoms with Gasteiger partial charge >= 0.3 is 0 Å². The molecule has 0 aliphatic rings. The minimum atomic E-state index is -0.581. The van der Waals surface area contributed by atoms with Crippen molar-refractivity contribution in [1.29, 1.82) is 0 Å². The third kappa shape index (κ3) is 3.34. The maximum atomic E-state index is 10.2. The topological polar surface area (TPSA) is 34.4 Å². The summed E-state index contributed by atoms with van der Waals surface area (Å²) in [7, 11) is 1.68. The van der Waals surface area contributed by atoms with Crippen molar-refractivity contribution in [3.8, 4) is 5.75 Å². The highest BCUT2D eigenvalue weighted by atomic mass is 16.5. The van der Waals surface area contributed by atoms with Gasteiger partial charge in [0.2, 0.25) is 0 Å². The molecule has 4 rings (SSSR count). The van der Waals surface area contributed by atoms with Crippen molar-refractivity contribution in [1.82, 2.24) is 4.57 Å². The van der Waals surface area contributed by atoms with Crippen LogP contribution in [0.15, 0.2) is 103 Å². The highest BCUT2D eigenvalue weighted by molar-refractivity contribution is 5.52. The number of hydrogen-bond acceptors (Lipinski definition) is 2. The molecule has 3 heteroatoms. The average Bonchev–Trinajstić information content (AvgIpc) is 3.27. The van der Waals surface area contributed by atoms with Crippen LogP contribution >= 0.6 is 0 Å². The number of methoxy groups -OCH3 is 1. The van der Waals surface area contributed by atoms with Crippen molar-refractivity contribution in [3.05, 3.63) is 126 Å². The Bertz CT molecular complexity index is 1010. The third-order valence-corrected chi connectivity index (χ3v) is 5.48. The molecule has 1 N–H and O–H groups in total. The van der Waals surface area contributed by atoms with Crippen molar-refractivity contribution >= 4 is 0 Å². The van der Waals surface area contributed by atoms with E-state index in [0.717, 1.165) is 28.0 Å². The van der Waals surface area contributed by atoms with Gasteiger partial charge in [-0.25, -0.2) is 0 Å². The van der Waals surface area contributed by atoms with Gasteiger partial charge in [0, 0.05) is 12.4 Å². The SMILES string of the molecule is COc1ccc(C(c2ccccc2)(c2ccccc2)n2ccc(C(C)O)c2)cc1. The first-order valence-electron chi connectivity index (χ1n) is 9.78. The van der Waals surface area contributed by atoms with Gasteiger partial charge in [0.05, 0.1) is 13.2 Å². The molecular formula is C26H25NO2. The van der Waals surface area contributed by atoms with Gasteiger partial charge in [0.25, 0.3) is 0 Å². The highest BCUT2D eigenvalue weighted by Gasteiger charge is 2.38. The number of aliphatic hydroxyl groups excluding tert-OH is 1. The van der Waals surface area contributed by atoms with Gasteiger partial charge in [-0.3, -0.25) is 0 Å². The van der Waals surface area contributed by atoms with E-state index in [2.05, 4.69) is 65.2 Å². The average molecular weight is 383 g/mol. The summed E-state index contributed by atoms with van der Waals surface area (Å²) in [5, 5.41) is 10.2. The number of aliphatic hydroxyl groups is 1. The maximum absolute atomic E-state index is 10.2. The number of ether oxygens (including phenoxy) is 1. The zero-order valence-electron chi connectivity index (χ0n) is 16.7. The first-order chi connectivity index (χ1) is 14.2. The lowest BCUT2D eigenvalue weighted by atomic mass is 9.76. The van der Waals surface area contributed by atoms with Gasteiger partial charge in [-0.2, -0.15) is 0 Å². The largest absolute Gasteiger partial charge is 0.497 e. The molecule has 1 atom stereocenters. The first kappa shape index (κ1) is 19.0. The van der Waals surface area contributed by atoms with Crippen molar-refractivity contribution in [2.75, 3.05) is 7.11 Å². The molecule has 146 valence electrons. The van der Waals surface area contributed by atoms with Crippen molar-refractivity contribution in [2.45, 2.75) is 18.6 Å². The van der Waals surface area contributed by atoms with E-state index < -0.39 is 11.6 Å². The standard InChI is InChI=1S/C26H25NO2/c1-20(28)21-17-18-27(19-21)26(22-9-5-3-6-10-22,23-11-7-4-8-12-23)24-13-15-25(29-2)16-14-24/h3-20,28H,1-2H3. The zero-order chi connectivity index (χ0) is 20.3. The Morgan fingerprint density at radius 1 is 0.759 bits per heavy atom. The quantitative estimate of drug-likeness (QED) is 0.453. The summed E-state index contributed by atoms with van der Waals surface area (Å²) in [5.74, 6) is 0.820. The molecule has 0 radical (unpaired) electrons. The van der Waals surface area contributed by atoms with Gasteiger partial charge in [-0.1, -0.05) is 72.8 Å². The fraction of sp³-hybridized carbons (Fsp3) is 0.154. The minimum Gasteiger partial charge on any atom is -0.497 e. The molecule has 29 heavy (non-hydrogen) atoms. The van der Waals surface area contributed by atoms with Crippen LogP contribution in [0.2, 0.25) is 0 Å². The van der Waals surface area contributed by atoms with Crippen LogP contribution in [0.1, 0.15) is 35.3 Å². The van der Waals surface area contributed by atoms with Gasteiger partial charge in [0.1, 0.15) is 11.3 Å². The number of aromatic nitrogens is 1.